The molecule has 1 saturated carbocycles. The maximum Gasteiger partial charge on any atom is 0.263 e. The summed E-state index contributed by atoms with van der Waals surface area (Å²) in [6.45, 7) is 3.46. The summed E-state index contributed by atoms with van der Waals surface area (Å²) in [5, 5.41) is 3.08. The monoisotopic (exact) mass is 440 g/mol. The average Bonchev–Trinajstić information content (AvgIpc) is 3.23. The first-order valence-electron chi connectivity index (χ1n) is 10.7. The third-order valence-electron chi connectivity index (χ3n) is 6.56. The van der Waals surface area contributed by atoms with Crippen LogP contribution in [0.1, 0.15) is 51.1 Å². The Balaban J connectivity index is 1.24. The zero-order chi connectivity index (χ0) is 22.0. The minimum Gasteiger partial charge on any atom is -0.497 e. The first kappa shape index (κ1) is 21.6. The molecule has 2 aromatic rings. The van der Waals surface area contributed by atoms with E-state index in [2.05, 4.69) is 5.32 Å². The summed E-state index contributed by atoms with van der Waals surface area (Å²) in [6.07, 6.45) is 3.40. The molecule has 1 N–H and O–H groups in total. The van der Waals surface area contributed by atoms with E-state index >= 15 is 0 Å². The molecule has 31 heavy (non-hydrogen) atoms. The van der Waals surface area contributed by atoms with E-state index < -0.39 is 0 Å². The molecule has 1 saturated heterocycles. The van der Waals surface area contributed by atoms with E-state index in [1.54, 1.807) is 19.2 Å². The van der Waals surface area contributed by atoms with Gasteiger partial charge < -0.3 is 15.0 Å². The predicted octanol–water partition coefficient (Wildman–Crippen LogP) is 3.56. The van der Waals surface area contributed by atoms with Gasteiger partial charge in [-0.05, 0) is 67.9 Å². The molecule has 0 bridgehead atoms. The summed E-state index contributed by atoms with van der Waals surface area (Å²) >= 11 is 1.26. The number of thiophene rings is 1. The Kier molecular flexibility index (Phi) is 6.14. The third kappa shape index (κ3) is 4.66. The molecule has 1 aliphatic carbocycles. The number of methoxy groups -OCH3 is 1. The Labute approximate surface area is 186 Å². The van der Waals surface area contributed by atoms with Crippen molar-refractivity contribution in [1.29, 1.82) is 0 Å². The van der Waals surface area contributed by atoms with Crippen LogP contribution in [0.4, 0.5) is 0 Å². The Morgan fingerprint density at radius 2 is 1.90 bits per heavy atom. The van der Waals surface area contributed by atoms with Gasteiger partial charge in [-0.3, -0.25) is 14.4 Å². The van der Waals surface area contributed by atoms with Gasteiger partial charge in [-0.15, -0.1) is 11.3 Å². The van der Waals surface area contributed by atoms with E-state index in [4.69, 9.17) is 4.74 Å². The number of rotatable bonds is 7. The fourth-order valence-electron chi connectivity index (χ4n) is 4.51. The maximum atomic E-state index is 12.7. The third-order valence-corrected chi connectivity index (χ3v) is 7.74. The number of hydrogen-bond acceptors (Lipinski definition) is 5. The second-order valence-electron chi connectivity index (χ2n) is 8.52. The van der Waals surface area contributed by atoms with E-state index in [1.807, 2.05) is 29.2 Å². The number of likely N-dealkylation sites (tertiary alicyclic amines) is 1. The van der Waals surface area contributed by atoms with Crippen LogP contribution in [0.2, 0.25) is 0 Å². The van der Waals surface area contributed by atoms with Crippen LogP contribution in [0.25, 0.3) is 0 Å². The fourth-order valence-corrected chi connectivity index (χ4v) is 5.37. The van der Waals surface area contributed by atoms with Crippen molar-refractivity contribution in [2.24, 2.45) is 11.3 Å². The van der Waals surface area contributed by atoms with Crippen molar-refractivity contribution >= 4 is 28.9 Å². The molecule has 1 aliphatic heterocycles. The number of nitrogens with zero attached hydrogens (tertiary/aromatic N) is 1. The number of hydrogen-bond donors (Lipinski definition) is 1. The van der Waals surface area contributed by atoms with E-state index in [1.165, 1.54) is 18.3 Å². The van der Waals surface area contributed by atoms with Gasteiger partial charge in [0.2, 0.25) is 5.91 Å². The predicted molar refractivity (Wildman–Crippen MR) is 120 cm³/mol. The van der Waals surface area contributed by atoms with Crippen molar-refractivity contribution in [3.8, 4) is 5.75 Å². The summed E-state index contributed by atoms with van der Waals surface area (Å²) in [5.74, 6) is 0.992. The number of amides is 2. The second kappa shape index (κ2) is 8.83. The lowest BCUT2D eigenvalue weighted by Crippen LogP contribution is -2.40. The number of piperidine rings is 1. The number of benzene rings is 1. The van der Waals surface area contributed by atoms with Crippen LogP contribution in [-0.4, -0.2) is 49.2 Å². The number of Topliss-reactive ketones (excluding diaryl/α,β-unsaturated/α-hetero) is 1. The number of carbonyl (C=O) groups excluding carboxylic acids is 3. The normalized spacial score (nSPS) is 19.2. The Morgan fingerprint density at radius 1 is 1.16 bits per heavy atom. The van der Waals surface area contributed by atoms with Gasteiger partial charge in [-0.25, -0.2) is 0 Å². The standard InChI is InChI=1S/C24H28N2O4S/c1-16(27)20-6-7-21(31-20)23(29)26-12-9-24(10-13-26)15-19(24)22(28)25-11-8-17-4-3-5-18(14-17)30-2/h3-7,14,19H,8-13,15H2,1-2H3,(H,25,28)/t19-/m0/s1. The highest BCUT2D eigenvalue weighted by Crippen LogP contribution is 2.59. The molecule has 1 aromatic carbocycles. The Hall–Kier alpha value is -2.67. The minimum atomic E-state index is -0.0140. The van der Waals surface area contributed by atoms with E-state index in [0.717, 1.165) is 37.0 Å². The fraction of sp³-hybridized carbons (Fsp3) is 0.458. The molecule has 0 radical (unpaired) electrons. The van der Waals surface area contributed by atoms with Crippen LogP contribution in [0.3, 0.4) is 0 Å². The minimum absolute atomic E-state index is 0.00714. The molecule has 164 valence electrons. The first-order valence-corrected chi connectivity index (χ1v) is 11.5. The molecule has 1 atom stereocenters. The molecule has 0 unspecified atom stereocenters. The van der Waals surface area contributed by atoms with Crippen molar-refractivity contribution < 1.29 is 19.1 Å². The van der Waals surface area contributed by atoms with E-state index in [9.17, 15) is 14.4 Å². The molecule has 2 heterocycles. The topological polar surface area (TPSA) is 75.7 Å². The van der Waals surface area contributed by atoms with Crippen LogP contribution < -0.4 is 10.1 Å². The molecular weight excluding hydrogens is 412 g/mol. The van der Waals surface area contributed by atoms with Crippen molar-refractivity contribution in [2.75, 3.05) is 26.7 Å². The molecule has 2 fully saturated rings. The van der Waals surface area contributed by atoms with Gasteiger partial charge in [0, 0.05) is 25.6 Å². The molecule has 1 spiro atoms. The summed E-state index contributed by atoms with van der Waals surface area (Å²) in [4.78, 5) is 40.0. The molecule has 1 aromatic heterocycles. The molecule has 4 rings (SSSR count). The van der Waals surface area contributed by atoms with Crippen molar-refractivity contribution in [3.05, 3.63) is 51.7 Å². The highest BCUT2D eigenvalue weighted by atomic mass is 32.1. The van der Waals surface area contributed by atoms with Gasteiger partial charge in [-0.2, -0.15) is 0 Å². The van der Waals surface area contributed by atoms with Gasteiger partial charge in [0.25, 0.3) is 5.91 Å². The lowest BCUT2D eigenvalue weighted by Gasteiger charge is -2.32. The van der Waals surface area contributed by atoms with Gasteiger partial charge in [0.1, 0.15) is 5.75 Å². The number of ketones is 1. The van der Waals surface area contributed by atoms with Crippen molar-refractivity contribution in [3.63, 3.8) is 0 Å². The van der Waals surface area contributed by atoms with Gasteiger partial charge in [0.15, 0.2) is 5.78 Å². The van der Waals surface area contributed by atoms with Gasteiger partial charge >= 0.3 is 0 Å². The largest absolute Gasteiger partial charge is 0.497 e. The van der Waals surface area contributed by atoms with Crippen molar-refractivity contribution in [2.45, 2.75) is 32.6 Å². The zero-order valence-electron chi connectivity index (χ0n) is 18.0. The van der Waals surface area contributed by atoms with Crippen LogP contribution in [0.15, 0.2) is 36.4 Å². The summed E-state index contributed by atoms with van der Waals surface area (Å²) in [7, 11) is 1.65. The van der Waals surface area contributed by atoms with Gasteiger partial charge in [-0.1, -0.05) is 12.1 Å². The average molecular weight is 441 g/mol. The summed E-state index contributed by atoms with van der Waals surface area (Å²) < 4.78 is 5.24. The van der Waals surface area contributed by atoms with Gasteiger partial charge in [0.05, 0.1) is 16.9 Å². The summed E-state index contributed by atoms with van der Waals surface area (Å²) in [5.41, 5.74) is 1.19. The lowest BCUT2D eigenvalue weighted by molar-refractivity contribution is -0.123. The van der Waals surface area contributed by atoms with Crippen LogP contribution in [-0.2, 0) is 11.2 Å². The van der Waals surface area contributed by atoms with Crippen LogP contribution in [0, 0.1) is 11.3 Å². The Bertz CT molecular complexity index is 991. The second-order valence-corrected chi connectivity index (χ2v) is 9.61. The molecule has 2 aliphatic rings. The molecule has 2 amide bonds. The molecular formula is C24H28N2O4S. The quantitative estimate of drug-likeness (QED) is 0.668. The number of carbonyl (C=O) groups is 3. The van der Waals surface area contributed by atoms with E-state index in [-0.39, 0.29) is 28.9 Å². The summed E-state index contributed by atoms with van der Waals surface area (Å²) in [6, 6.07) is 11.4. The highest BCUT2D eigenvalue weighted by molar-refractivity contribution is 7.15. The van der Waals surface area contributed by atoms with Crippen LogP contribution in [0.5, 0.6) is 5.75 Å². The Morgan fingerprint density at radius 3 is 2.58 bits per heavy atom. The highest BCUT2D eigenvalue weighted by Gasteiger charge is 2.58. The maximum absolute atomic E-state index is 12.7. The first-order chi connectivity index (χ1) is 14.9. The SMILES string of the molecule is COc1cccc(CCNC(=O)[C@@H]2CC23CCN(C(=O)c2ccc(C(C)=O)s2)CC3)c1. The van der Waals surface area contributed by atoms with Crippen LogP contribution >= 0.6 is 11.3 Å². The smallest absolute Gasteiger partial charge is 0.263 e. The lowest BCUT2D eigenvalue weighted by atomic mass is 9.90. The zero-order valence-corrected chi connectivity index (χ0v) is 18.8. The number of ether oxygens (including phenoxy) is 1. The molecule has 6 nitrogen and oxygen atoms in total. The molecule has 7 heteroatoms. The number of nitrogens with one attached hydrogen (secondary N) is 1. The van der Waals surface area contributed by atoms with E-state index in [0.29, 0.717) is 29.4 Å². The van der Waals surface area contributed by atoms with Crippen molar-refractivity contribution in [1.82, 2.24) is 10.2 Å².